The van der Waals surface area contributed by atoms with E-state index in [1.54, 1.807) is 18.5 Å². The minimum Gasteiger partial charge on any atom is -0.347 e. The van der Waals surface area contributed by atoms with Gasteiger partial charge < -0.3 is 5.32 Å². The van der Waals surface area contributed by atoms with Crippen LogP contribution in [0, 0.1) is 0 Å². The van der Waals surface area contributed by atoms with E-state index in [9.17, 15) is 4.79 Å². The number of benzene rings is 1. The molecule has 4 aromatic rings. The first-order valence-electron chi connectivity index (χ1n) is 7.61. The lowest BCUT2D eigenvalue weighted by atomic mass is 10.1. The minimum absolute atomic E-state index is 0.227. The third-order valence-corrected chi connectivity index (χ3v) is 4.75. The van der Waals surface area contributed by atoms with Crippen LogP contribution in [0.25, 0.3) is 16.2 Å². The lowest BCUT2D eigenvalue weighted by Gasteiger charge is -2.06. The van der Waals surface area contributed by atoms with Crippen molar-refractivity contribution in [2.75, 3.05) is 0 Å². The summed E-state index contributed by atoms with van der Waals surface area (Å²) in [4.78, 5) is 22.1. The van der Waals surface area contributed by atoms with Crippen LogP contribution in [0.5, 0.6) is 0 Å². The molecular weight excluding hydrogens is 356 g/mol. The molecule has 0 unspecified atom stereocenters. The first-order chi connectivity index (χ1) is 12.2. The van der Waals surface area contributed by atoms with Crippen LogP contribution in [-0.2, 0) is 6.54 Å². The molecule has 25 heavy (non-hydrogen) atoms. The van der Waals surface area contributed by atoms with Crippen LogP contribution >= 0.6 is 22.9 Å². The number of fused-ring (bicyclic) bond motifs is 1. The normalized spacial score (nSPS) is 10.9. The molecule has 1 amide bonds. The number of carbonyl (C=O) groups is 1. The second-order valence-electron chi connectivity index (χ2n) is 5.42. The summed E-state index contributed by atoms with van der Waals surface area (Å²) in [5.74, 6) is -0.227. The summed E-state index contributed by atoms with van der Waals surface area (Å²) in [5.41, 5.74) is 2.92. The second kappa shape index (κ2) is 6.66. The Morgan fingerprint density at radius 3 is 3.00 bits per heavy atom. The molecule has 0 saturated carbocycles. The molecule has 0 aliphatic heterocycles. The third kappa shape index (κ3) is 3.14. The van der Waals surface area contributed by atoms with Gasteiger partial charge in [-0.15, -0.1) is 11.3 Å². The lowest BCUT2D eigenvalue weighted by molar-refractivity contribution is 0.0947. The van der Waals surface area contributed by atoms with Crippen molar-refractivity contribution in [1.29, 1.82) is 0 Å². The van der Waals surface area contributed by atoms with Gasteiger partial charge in [-0.1, -0.05) is 23.7 Å². The Labute approximate surface area is 152 Å². The number of nitrogens with one attached hydrogen (secondary N) is 1. The number of amides is 1. The van der Waals surface area contributed by atoms with Gasteiger partial charge in [0.15, 0.2) is 10.7 Å². The number of aromatic nitrogens is 3. The zero-order valence-electron chi connectivity index (χ0n) is 13.0. The predicted octanol–water partition coefficient (Wildman–Crippen LogP) is 4.04. The predicted molar refractivity (Wildman–Crippen MR) is 98.9 cm³/mol. The lowest BCUT2D eigenvalue weighted by Crippen LogP contribution is -2.23. The second-order valence-corrected chi connectivity index (χ2v) is 6.73. The minimum atomic E-state index is -0.227. The number of nitrogens with zero attached hydrogens (tertiary/aromatic N) is 3. The fourth-order valence-electron chi connectivity index (χ4n) is 2.64. The van der Waals surface area contributed by atoms with Crippen molar-refractivity contribution in [3.05, 3.63) is 76.6 Å². The number of thiazole rings is 1. The van der Waals surface area contributed by atoms with Gasteiger partial charge in [-0.2, -0.15) is 0 Å². The maximum atomic E-state index is 12.7. The Morgan fingerprint density at radius 1 is 1.28 bits per heavy atom. The molecule has 0 saturated heterocycles. The third-order valence-electron chi connectivity index (χ3n) is 3.75. The number of rotatable bonds is 4. The van der Waals surface area contributed by atoms with Gasteiger partial charge in [0.25, 0.3) is 5.91 Å². The molecule has 0 atom stereocenters. The van der Waals surface area contributed by atoms with Gasteiger partial charge in [0.05, 0.1) is 5.69 Å². The Hall–Kier alpha value is -2.70. The van der Waals surface area contributed by atoms with E-state index in [1.807, 2.05) is 46.3 Å². The summed E-state index contributed by atoms with van der Waals surface area (Å²) >= 11 is 7.47. The summed E-state index contributed by atoms with van der Waals surface area (Å²) in [6.45, 7) is 0.386. The molecule has 0 aliphatic rings. The molecule has 1 aromatic carbocycles. The van der Waals surface area contributed by atoms with Crippen molar-refractivity contribution < 1.29 is 4.79 Å². The van der Waals surface area contributed by atoms with Crippen LogP contribution in [-0.4, -0.2) is 20.3 Å². The molecule has 0 radical (unpaired) electrons. The molecule has 0 spiro atoms. The van der Waals surface area contributed by atoms with Crippen LogP contribution < -0.4 is 5.32 Å². The largest absolute Gasteiger partial charge is 0.347 e. The fraction of sp³-hybridized carbons (Fsp3) is 0.0556. The Bertz CT molecular complexity index is 1040. The highest BCUT2D eigenvalue weighted by Gasteiger charge is 2.21. The molecule has 1 N–H and O–H groups in total. The van der Waals surface area contributed by atoms with Crippen LogP contribution in [0.1, 0.15) is 16.1 Å². The van der Waals surface area contributed by atoms with Gasteiger partial charge in [0.1, 0.15) is 0 Å². The summed E-state index contributed by atoms with van der Waals surface area (Å²) in [6, 6.07) is 11.2. The molecule has 3 aromatic heterocycles. The molecule has 0 fully saturated rings. The number of hydrogen-bond donors (Lipinski definition) is 1. The zero-order valence-corrected chi connectivity index (χ0v) is 14.6. The van der Waals surface area contributed by atoms with Gasteiger partial charge >= 0.3 is 0 Å². The summed E-state index contributed by atoms with van der Waals surface area (Å²) in [7, 11) is 0. The molecule has 3 heterocycles. The summed E-state index contributed by atoms with van der Waals surface area (Å²) < 4.78 is 1.91. The average Bonchev–Trinajstić information content (AvgIpc) is 3.21. The smallest absolute Gasteiger partial charge is 0.272 e. The van der Waals surface area contributed by atoms with Crippen molar-refractivity contribution in [1.82, 2.24) is 19.7 Å². The van der Waals surface area contributed by atoms with E-state index in [-0.39, 0.29) is 5.91 Å². The highest BCUT2D eigenvalue weighted by Crippen LogP contribution is 2.27. The first-order valence-corrected chi connectivity index (χ1v) is 8.87. The topological polar surface area (TPSA) is 59.3 Å². The Balaban J connectivity index is 1.66. The SMILES string of the molecule is O=C(NCc1cccc(Cl)c1)c1nc2sccn2c1-c1cccnc1. The van der Waals surface area contributed by atoms with Gasteiger partial charge in [0.2, 0.25) is 0 Å². The van der Waals surface area contributed by atoms with Crippen molar-refractivity contribution in [3.8, 4) is 11.3 Å². The van der Waals surface area contributed by atoms with Crippen LogP contribution in [0.4, 0.5) is 0 Å². The summed E-state index contributed by atoms with van der Waals surface area (Å²) in [6.07, 6.45) is 5.34. The zero-order chi connectivity index (χ0) is 17.2. The van der Waals surface area contributed by atoms with E-state index in [0.717, 1.165) is 21.8 Å². The number of imidazole rings is 1. The number of pyridine rings is 1. The maximum Gasteiger partial charge on any atom is 0.272 e. The van der Waals surface area contributed by atoms with E-state index in [4.69, 9.17) is 11.6 Å². The van der Waals surface area contributed by atoms with Crippen LogP contribution in [0.15, 0.2) is 60.4 Å². The highest BCUT2D eigenvalue weighted by atomic mass is 35.5. The average molecular weight is 369 g/mol. The number of carbonyl (C=O) groups excluding carboxylic acids is 1. The molecule has 5 nitrogen and oxygen atoms in total. The van der Waals surface area contributed by atoms with E-state index in [0.29, 0.717) is 17.3 Å². The molecular formula is C18H13ClN4OS. The van der Waals surface area contributed by atoms with Crippen molar-refractivity contribution in [3.63, 3.8) is 0 Å². The standard InChI is InChI=1S/C18H13ClN4OS/c19-14-5-1-3-12(9-14)10-21-17(24)15-16(13-4-2-6-20-11-13)23-7-8-25-18(23)22-15/h1-9,11H,10H2,(H,21,24). The Kier molecular flexibility index (Phi) is 4.21. The molecule has 0 bridgehead atoms. The number of halogens is 1. The molecule has 4 rings (SSSR count). The molecule has 124 valence electrons. The van der Waals surface area contributed by atoms with Crippen molar-refractivity contribution in [2.24, 2.45) is 0 Å². The van der Waals surface area contributed by atoms with Crippen LogP contribution in [0.2, 0.25) is 5.02 Å². The summed E-state index contributed by atoms with van der Waals surface area (Å²) in [5, 5.41) is 5.50. The van der Waals surface area contributed by atoms with E-state index in [1.165, 1.54) is 11.3 Å². The van der Waals surface area contributed by atoms with Crippen molar-refractivity contribution >= 4 is 33.8 Å². The van der Waals surface area contributed by atoms with Crippen molar-refractivity contribution in [2.45, 2.75) is 6.54 Å². The maximum absolute atomic E-state index is 12.7. The Morgan fingerprint density at radius 2 is 2.20 bits per heavy atom. The molecule has 0 aliphatic carbocycles. The van der Waals surface area contributed by atoms with Gasteiger partial charge in [-0.25, -0.2) is 4.98 Å². The van der Waals surface area contributed by atoms with E-state index >= 15 is 0 Å². The van der Waals surface area contributed by atoms with E-state index in [2.05, 4.69) is 15.3 Å². The quantitative estimate of drug-likeness (QED) is 0.591. The number of hydrogen-bond acceptors (Lipinski definition) is 4. The van der Waals surface area contributed by atoms with Gasteiger partial charge in [0, 0.05) is 41.1 Å². The van der Waals surface area contributed by atoms with E-state index < -0.39 is 0 Å². The van der Waals surface area contributed by atoms with Crippen LogP contribution in [0.3, 0.4) is 0 Å². The van der Waals surface area contributed by atoms with Gasteiger partial charge in [-0.05, 0) is 29.8 Å². The molecule has 7 heteroatoms. The van der Waals surface area contributed by atoms with Gasteiger partial charge in [-0.3, -0.25) is 14.2 Å². The fourth-order valence-corrected chi connectivity index (χ4v) is 3.56. The highest BCUT2D eigenvalue weighted by molar-refractivity contribution is 7.15. The monoisotopic (exact) mass is 368 g/mol. The first kappa shape index (κ1) is 15.8.